The molecule has 0 aromatic heterocycles. The maximum Gasteiger partial charge on any atom is 0.311 e. The number of unbranched alkanes of at least 4 members (excludes halogenated alkanes) is 7. The Labute approximate surface area is 220 Å². The van der Waals surface area contributed by atoms with E-state index in [9.17, 15) is 45.0 Å². The number of carbonyl (C=O) groups is 1. The molecule has 0 aliphatic rings. The van der Waals surface area contributed by atoms with Crippen molar-refractivity contribution in [3.63, 3.8) is 0 Å². The van der Waals surface area contributed by atoms with Crippen molar-refractivity contribution in [3.8, 4) is 11.5 Å². The van der Waals surface area contributed by atoms with Gasteiger partial charge in [-0.25, -0.2) is 26.3 Å². The van der Waals surface area contributed by atoms with E-state index in [1.165, 1.54) is 6.92 Å². The van der Waals surface area contributed by atoms with Gasteiger partial charge in [-0.05, 0) is 26.2 Å². The Hall–Kier alpha value is -2.89. The van der Waals surface area contributed by atoms with Crippen LogP contribution in [0.5, 0.6) is 11.5 Å². The summed E-state index contributed by atoms with van der Waals surface area (Å²) >= 11 is 0. The van der Waals surface area contributed by atoms with Crippen molar-refractivity contribution < 1.29 is 54.5 Å². The zero-order valence-corrected chi connectivity index (χ0v) is 21.6. The van der Waals surface area contributed by atoms with Gasteiger partial charge in [0.25, 0.3) is 0 Å². The molecule has 0 spiro atoms. The second kappa shape index (κ2) is 15.0. The molecule has 0 radical (unpaired) electrons. The molecule has 2 aromatic rings. The van der Waals surface area contributed by atoms with Gasteiger partial charge >= 0.3 is 5.97 Å². The number of aliphatic hydroxyl groups excluding tert-OH is 1. The zero-order valence-electron chi connectivity index (χ0n) is 21.6. The van der Waals surface area contributed by atoms with Crippen LogP contribution in [0, 0.1) is 53.5 Å². The molecular formula is C27H30F8O4. The van der Waals surface area contributed by atoms with Gasteiger partial charge in [0.15, 0.2) is 46.9 Å². The first-order chi connectivity index (χ1) is 18.4. The number of hydrogen-bond donors (Lipinski definition) is 1. The van der Waals surface area contributed by atoms with Gasteiger partial charge in [-0.15, -0.1) is 0 Å². The molecule has 218 valence electrons. The summed E-state index contributed by atoms with van der Waals surface area (Å²) in [5, 5.41) is 9.90. The summed E-state index contributed by atoms with van der Waals surface area (Å²) in [7, 11) is 0. The minimum Gasteiger partial charge on any atom is -0.459 e. The fourth-order valence-electron chi connectivity index (χ4n) is 3.92. The molecule has 4 nitrogen and oxygen atoms in total. The minimum atomic E-state index is -2.06. The van der Waals surface area contributed by atoms with E-state index in [2.05, 4.69) is 4.74 Å². The monoisotopic (exact) mass is 570 g/mol. The highest BCUT2D eigenvalue weighted by molar-refractivity contribution is 5.72. The van der Waals surface area contributed by atoms with Crippen molar-refractivity contribution in [1.29, 1.82) is 0 Å². The minimum absolute atomic E-state index is 0.0172. The van der Waals surface area contributed by atoms with Gasteiger partial charge in [-0.1, -0.05) is 45.4 Å². The average Bonchev–Trinajstić information content (AvgIpc) is 2.91. The first-order valence-corrected chi connectivity index (χ1v) is 12.6. The largest absolute Gasteiger partial charge is 0.459 e. The summed E-state index contributed by atoms with van der Waals surface area (Å²) in [6, 6.07) is 0. The van der Waals surface area contributed by atoms with E-state index in [0.717, 1.165) is 32.6 Å². The molecule has 0 amide bonds. The number of esters is 1. The average molecular weight is 571 g/mol. The highest BCUT2D eigenvalue weighted by Crippen LogP contribution is 2.32. The lowest BCUT2D eigenvalue weighted by molar-refractivity contribution is -0.134. The molecule has 1 atom stereocenters. The number of carbonyl (C=O) groups excluding carboxylic acids is 1. The van der Waals surface area contributed by atoms with Crippen LogP contribution in [-0.2, 0) is 11.2 Å². The smallest absolute Gasteiger partial charge is 0.311 e. The molecule has 2 aromatic carbocycles. The molecule has 0 heterocycles. The number of ether oxygens (including phenoxy) is 2. The number of aliphatic hydroxyl groups is 1. The van der Waals surface area contributed by atoms with Gasteiger partial charge in [0.1, 0.15) is 0 Å². The lowest BCUT2D eigenvalue weighted by Crippen LogP contribution is -2.18. The van der Waals surface area contributed by atoms with Crippen molar-refractivity contribution in [1.82, 2.24) is 0 Å². The molecule has 0 fully saturated rings. The van der Waals surface area contributed by atoms with Crippen LogP contribution >= 0.6 is 0 Å². The van der Waals surface area contributed by atoms with Crippen LogP contribution < -0.4 is 9.47 Å². The Morgan fingerprint density at radius 2 is 1.15 bits per heavy atom. The Kier molecular flexibility index (Phi) is 12.5. The topological polar surface area (TPSA) is 55.8 Å². The van der Waals surface area contributed by atoms with Crippen LogP contribution in [0.15, 0.2) is 0 Å². The third-order valence-electron chi connectivity index (χ3n) is 6.17. The van der Waals surface area contributed by atoms with Crippen molar-refractivity contribution in [2.75, 3.05) is 0 Å². The Bertz CT molecular complexity index is 1130. The summed E-state index contributed by atoms with van der Waals surface area (Å²) < 4.78 is 119. The molecule has 0 saturated carbocycles. The van der Waals surface area contributed by atoms with E-state index in [-0.39, 0.29) is 19.3 Å². The van der Waals surface area contributed by atoms with Crippen molar-refractivity contribution in [3.05, 3.63) is 57.7 Å². The number of rotatable bonds is 15. The second-order valence-corrected chi connectivity index (χ2v) is 9.04. The number of halogens is 8. The Morgan fingerprint density at radius 1 is 0.667 bits per heavy atom. The molecule has 1 N–H and O–H groups in total. The van der Waals surface area contributed by atoms with Gasteiger partial charge in [0.2, 0.25) is 17.5 Å². The fraction of sp³-hybridized carbons (Fsp3) is 0.519. The van der Waals surface area contributed by atoms with E-state index < -0.39 is 81.4 Å². The summed E-state index contributed by atoms with van der Waals surface area (Å²) in [4.78, 5) is 11.9. The maximum atomic E-state index is 14.2. The first-order valence-electron chi connectivity index (χ1n) is 12.6. The standard InChI is InChI=1S/C27H30F8O4/c1-3-15-19(29)22(32)25(35)27(20(15)30)39-17(37)13-11-9-7-5-4-6-8-10-12-16(36)38-26-14(2)18(28)21(31)23(33)24(26)34/h17,37H,3-13H2,1-2H3. The van der Waals surface area contributed by atoms with Crippen LogP contribution in [0.3, 0.4) is 0 Å². The van der Waals surface area contributed by atoms with E-state index >= 15 is 0 Å². The molecule has 0 aliphatic carbocycles. The van der Waals surface area contributed by atoms with Crippen molar-refractivity contribution in [2.45, 2.75) is 90.8 Å². The van der Waals surface area contributed by atoms with E-state index in [4.69, 9.17) is 4.74 Å². The Morgan fingerprint density at radius 3 is 1.74 bits per heavy atom. The van der Waals surface area contributed by atoms with Crippen molar-refractivity contribution in [2.24, 2.45) is 0 Å². The van der Waals surface area contributed by atoms with Crippen LogP contribution in [0.1, 0.15) is 82.3 Å². The molecule has 12 heteroatoms. The predicted octanol–water partition coefficient (Wildman–Crippen LogP) is 7.87. The highest BCUT2D eigenvalue weighted by atomic mass is 19.2. The third kappa shape index (κ3) is 8.30. The molecular weight excluding hydrogens is 540 g/mol. The fourth-order valence-corrected chi connectivity index (χ4v) is 3.92. The molecule has 0 aliphatic heterocycles. The van der Waals surface area contributed by atoms with Gasteiger partial charge in [-0.3, -0.25) is 4.79 Å². The molecule has 2 rings (SSSR count). The highest BCUT2D eigenvalue weighted by Gasteiger charge is 2.27. The summed E-state index contributed by atoms with van der Waals surface area (Å²) in [5.74, 6) is -17.2. The number of benzene rings is 2. The van der Waals surface area contributed by atoms with Crippen molar-refractivity contribution >= 4 is 5.97 Å². The summed E-state index contributed by atoms with van der Waals surface area (Å²) in [6.07, 6.45) is 3.29. The van der Waals surface area contributed by atoms with E-state index in [0.29, 0.717) is 25.7 Å². The normalized spacial score (nSPS) is 12.1. The lowest BCUT2D eigenvalue weighted by atomic mass is 10.1. The summed E-state index contributed by atoms with van der Waals surface area (Å²) in [6.45, 7) is 2.32. The van der Waals surface area contributed by atoms with Gasteiger partial charge in [-0.2, -0.15) is 8.78 Å². The van der Waals surface area contributed by atoms with Gasteiger partial charge in [0.05, 0.1) is 0 Å². The van der Waals surface area contributed by atoms with E-state index in [1.807, 2.05) is 0 Å². The van der Waals surface area contributed by atoms with Crippen LogP contribution in [0.2, 0.25) is 0 Å². The predicted molar refractivity (Wildman–Crippen MR) is 125 cm³/mol. The van der Waals surface area contributed by atoms with Gasteiger partial charge in [0, 0.05) is 24.0 Å². The number of hydrogen-bond acceptors (Lipinski definition) is 4. The van der Waals surface area contributed by atoms with E-state index in [1.54, 1.807) is 0 Å². The first kappa shape index (κ1) is 32.3. The van der Waals surface area contributed by atoms with Crippen LogP contribution in [0.25, 0.3) is 0 Å². The second-order valence-electron chi connectivity index (χ2n) is 9.04. The Balaban J connectivity index is 1.61. The molecule has 0 bridgehead atoms. The quantitative estimate of drug-likeness (QED) is 0.0450. The molecule has 0 saturated heterocycles. The van der Waals surface area contributed by atoms with Gasteiger partial charge < -0.3 is 14.6 Å². The SMILES string of the molecule is CCc1c(F)c(F)c(F)c(OC(O)CCCCCCCCCCC(=O)Oc2c(C)c(F)c(F)c(F)c2F)c1F. The third-order valence-corrected chi connectivity index (χ3v) is 6.17. The van der Waals surface area contributed by atoms with Crippen LogP contribution in [-0.4, -0.2) is 17.4 Å². The molecule has 1 unspecified atom stereocenters. The van der Waals surface area contributed by atoms with Crippen LogP contribution in [0.4, 0.5) is 35.1 Å². The maximum absolute atomic E-state index is 14.2. The zero-order chi connectivity index (χ0) is 29.3. The lowest BCUT2D eigenvalue weighted by Gasteiger charge is -2.16. The molecule has 39 heavy (non-hydrogen) atoms. The summed E-state index contributed by atoms with van der Waals surface area (Å²) in [5.41, 5.74) is -1.32.